The quantitative estimate of drug-likeness (QED) is 0.133. The van der Waals surface area contributed by atoms with Gasteiger partial charge in [0.25, 0.3) is 6.47 Å². The van der Waals surface area contributed by atoms with Crippen LogP contribution in [0.3, 0.4) is 0 Å². The summed E-state index contributed by atoms with van der Waals surface area (Å²) in [6, 6.07) is 7.61. The lowest BCUT2D eigenvalue weighted by Gasteiger charge is -2.16. The minimum absolute atomic E-state index is 0.177. The fourth-order valence-electron chi connectivity index (χ4n) is 3.81. The third-order valence-electron chi connectivity index (χ3n) is 5.64. The number of ether oxygens (including phenoxy) is 1. The Balaban J connectivity index is 0.00000102. The molecule has 37 heavy (non-hydrogen) atoms. The number of aromatic nitrogens is 8. The molecule has 1 saturated heterocycles. The number of aliphatic hydroxyl groups excluding tert-OH is 2. The number of aryl methyl sites for hydroxylation is 1. The Morgan fingerprint density at radius 2 is 1.89 bits per heavy atom. The van der Waals surface area contributed by atoms with E-state index in [1.807, 2.05) is 31.2 Å². The predicted octanol–water partition coefficient (Wildman–Crippen LogP) is -0.656. The van der Waals surface area contributed by atoms with Gasteiger partial charge < -0.3 is 36.8 Å². The molecule has 1 aliphatic rings. The van der Waals surface area contributed by atoms with Crippen molar-refractivity contribution >= 4 is 35.1 Å². The molecule has 0 spiro atoms. The van der Waals surface area contributed by atoms with Crippen LogP contribution >= 0.6 is 0 Å². The molecule has 0 amide bonds. The van der Waals surface area contributed by atoms with Gasteiger partial charge in [-0.1, -0.05) is 12.1 Å². The topological polar surface area (TPSA) is 238 Å². The summed E-state index contributed by atoms with van der Waals surface area (Å²) in [5.74, 6) is 0.662. The van der Waals surface area contributed by atoms with Crippen molar-refractivity contribution in [2.45, 2.75) is 44.4 Å². The Morgan fingerprint density at radius 3 is 2.57 bits per heavy atom. The van der Waals surface area contributed by atoms with Crippen LogP contribution in [0.4, 0.5) is 17.5 Å². The van der Waals surface area contributed by atoms with Crippen LogP contribution in [0.5, 0.6) is 0 Å². The Hall–Kier alpha value is -4.41. The highest BCUT2D eigenvalue weighted by Crippen LogP contribution is 2.38. The molecule has 4 aromatic rings. The lowest BCUT2D eigenvalue weighted by molar-refractivity contribution is -0.122. The summed E-state index contributed by atoms with van der Waals surface area (Å²) in [4.78, 5) is 22.8. The molecular formula is C21H27N11O5. The van der Waals surface area contributed by atoms with E-state index in [1.165, 1.54) is 15.7 Å². The molecule has 0 saturated carbocycles. The second-order valence-corrected chi connectivity index (χ2v) is 8.04. The van der Waals surface area contributed by atoms with Crippen molar-refractivity contribution in [3.05, 3.63) is 42.0 Å². The SMILES string of the molecule is CCn1nnc([C@H]2O[C@@H](n3cnc4c(N)nc(NCCc5ccc(N)cc5)nc43)[C@H](O)[C@@H]2O)n1.O=CO. The number of carbonyl (C=O) groups is 1. The highest BCUT2D eigenvalue weighted by atomic mass is 16.6. The van der Waals surface area contributed by atoms with E-state index < -0.39 is 24.5 Å². The fourth-order valence-corrected chi connectivity index (χ4v) is 3.81. The number of nitrogens with two attached hydrogens (primary N) is 2. The first-order valence-corrected chi connectivity index (χ1v) is 11.3. The van der Waals surface area contributed by atoms with Crippen molar-refractivity contribution in [1.29, 1.82) is 0 Å². The van der Waals surface area contributed by atoms with Gasteiger partial charge in [-0.3, -0.25) is 9.36 Å². The Morgan fingerprint density at radius 1 is 1.16 bits per heavy atom. The molecule has 8 N–H and O–H groups in total. The van der Waals surface area contributed by atoms with Crippen molar-refractivity contribution in [3.63, 3.8) is 0 Å². The van der Waals surface area contributed by atoms with Crippen LogP contribution in [0.25, 0.3) is 11.2 Å². The van der Waals surface area contributed by atoms with Crippen LogP contribution < -0.4 is 16.8 Å². The first kappa shape index (κ1) is 25.7. The van der Waals surface area contributed by atoms with E-state index in [-0.39, 0.29) is 18.1 Å². The molecular weight excluding hydrogens is 486 g/mol. The average molecular weight is 514 g/mol. The maximum Gasteiger partial charge on any atom is 0.290 e. The molecule has 196 valence electrons. The monoisotopic (exact) mass is 513 g/mol. The number of hydrogen-bond acceptors (Lipinski definition) is 13. The van der Waals surface area contributed by atoms with Crippen LogP contribution in [-0.2, 0) is 22.5 Å². The third-order valence-corrected chi connectivity index (χ3v) is 5.64. The summed E-state index contributed by atoms with van der Waals surface area (Å²) in [6.07, 6.45) is -2.34. The highest BCUT2D eigenvalue weighted by Gasteiger charge is 2.47. The Labute approximate surface area is 209 Å². The van der Waals surface area contributed by atoms with E-state index in [2.05, 4.69) is 35.7 Å². The van der Waals surface area contributed by atoms with E-state index in [0.29, 0.717) is 35.9 Å². The number of imidazole rings is 1. The second kappa shape index (κ2) is 11.1. The van der Waals surface area contributed by atoms with Crippen molar-refractivity contribution in [2.24, 2.45) is 0 Å². The number of carboxylic acid groups (broad SMARTS) is 1. The predicted molar refractivity (Wildman–Crippen MR) is 130 cm³/mol. The van der Waals surface area contributed by atoms with Crippen LogP contribution in [-0.4, -0.2) is 80.3 Å². The second-order valence-electron chi connectivity index (χ2n) is 8.04. The van der Waals surface area contributed by atoms with E-state index in [1.54, 1.807) is 0 Å². The minimum atomic E-state index is -1.28. The number of hydrogen-bond donors (Lipinski definition) is 6. The van der Waals surface area contributed by atoms with Gasteiger partial charge in [-0.25, -0.2) is 4.98 Å². The van der Waals surface area contributed by atoms with E-state index in [9.17, 15) is 10.2 Å². The third kappa shape index (κ3) is 5.40. The molecule has 16 heteroatoms. The first-order chi connectivity index (χ1) is 17.9. The molecule has 1 fully saturated rings. The van der Waals surface area contributed by atoms with E-state index in [4.69, 9.17) is 26.1 Å². The molecule has 0 radical (unpaired) electrons. The van der Waals surface area contributed by atoms with Crippen molar-refractivity contribution < 1.29 is 24.9 Å². The first-order valence-electron chi connectivity index (χ1n) is 11.3. The zero-order chi connectivity index (χ0) is 26.5. The minimum Gasteiger partial charge on any atom is -0.483 e. The average Bonchev–Trinajstić information content (AvgIpc) is 3.59. The number of fused-ring (bicyclic) bond motifs is 1. The molecule has 5 rings (SSSR count). The number of nitrogens with one attached hydrogen (secondary N) is 1. The van der Waals surface area contributed by atoms with Gasteiger partial charge in [0, 0.05) is 12.2 Å². The van der Waals surface area contributed by atoms with Gasteiger partial charge in [-0.2, -0.15) is 14.8 Å². The van der Waals surface area contributed by atoms with Gasteiger partial charge in [0.1, 0.15) is 17.7 Å². The number of anilines is 3. The van der Waals surface area contributed by atoms with Crippen molar-refractivity contribution in [1.82, 2.24) is 39.7 Å². The summed E-state index contributed by atoms with van der Waals surface area (Å²) in [5.41, 5.74) is 14.4. The molecule has 3 aromatic heterocycles. The summed E-state index contributed by atoms with van der Waals surface area (Å²) >= 11 is 0. The number of nitrogens with zero attached hydrogens (tertiary/aromatic N) is 8. The Kier molecular flexibility index (Phi) is 7.71. The normalized spacial score (nSPS) is 20.9. The van der Waals surface area contributed by atoms with Crippen LogP contribution in [0.1, 0.15) is 30.6 Å². The van der Waals surface area contributed by atoms with Gasteiger partial charge in [0.2, 0.25) is 11.8 Å². The van der Waals surface area contributed by atoms with Gasteiger partial charge in [0.15, 0.2) is 23.8 Å². The molecule has 1 aliphatic heterocycles. The molecule has 16 nitrogen and oxygen atoms in total. The lowest BCUT2D eigenvalue weighted by Crippen LogP contribution is -2.29. The van der Waals surface area contributed by atoms with E-state index >= 15 is 0 Å². The fraction of sp³-hybridized carbons (Fsp3) is 0.381. The smallest absolute Gasteiger partial charge is 0.290 e. The molecule has 0 aliphatic carbocycles. The van der Waals surface area contributed by atoms with Gasteiger partial charge in [0.05, 0.1) is 12.9 Å². The van der Waals surface area contributed by atoms with Gasteiger partial charge >= 0.3 is 0 Å². The molecule has 4 heterocycles. The molecule has 0 bridgehead atoms. The highest BCUT2D eigenvalue weighted by molar-refractivity contribution is 5.83. The van der Waals surface area contributed by atoms with Gasteiger partial charge in [-0.05, 0) is 36.3 Å². The molecule has 1 aromatic carbocycles. The Bertz CT molecular complexity index is 1340. The standard InChI is InChI=1S/C20H25N11O3.CH2O2/c1-2-31-28-17(27-29-31)15-13(32)14(33)19(34-15)30-9-24-12-16(22)25-20(26-18(12)30)23-8-7-10-3-5-11(21)6-4-10;2-1-3/h3-6,9,13-15,19,32-33H,2,7-8,21H2,1H3,(H3,22,23,25,26);1H,(H,2,3)/t13-,14+,15-,19+;/m0./s1. The summed E-state index contributed by atoms with van der Waals surface area (Å²) in [7, 11) is 0. The van der Waals surface area contributed by atoms with Crippen molar-refractivity contribution in [2.75, 3.05) is 23.3 Å². The molecule has 4 atom stereocenters. The van der Waals surface area contributed by atoms with Gasteiger partial charge in [-0.15, -0.1) is 10.2 Å². The van der Waals surface area contributed by atoms with Crippen LogP contribution in [0.15, 0.2) is 30.6 Å². The van der Waals surface area contributed by atoms with Crippen LogP contribution in [0.2, 0.25) is 0 Å². The van der Waals surface area contributed by atoms with E-state index in [0.717, 1.165) is 12.0 Å². The largest absolute Gasteiger partial charge is 0.483 e. The summed E-state index contributed by atoms with van der Waals surface area (Å²) in [6.45, 7) is 2.68. The number of rotatable bonds is 7. The number of aliphatic hydroxyl groups is 2. The molecule has 0 unspecified atom stereocenters. The lowest BCUT2D eigenvalue weighted by atomic mass is 10.1. The summed E-state index contributed by atoms with van der Waals surface area (Å²) in [5, 5.41) is 43.3. The van der Waals surface area contributed by atoms with Crippen LogP contribution in [0, 0.1) is 0 Å². The maximum atomic E-state index is 10.7. The zero-order valence-electron chi connectivity index (χ0n) is 19.8. The summed E-state index contributed by atoms with van der Waals surface area (Å²) < 4.78 is 7.43. The maximum absolute atomic E-state index is 10.7. The zero-order valence-corrected chi connectivity index (χ0v) is 19.8. The van der Waals surface area contributed by atoms with Crippen molar-refractivity contribution in [3.8, 4) is 0 Å². The number of tetrazole rings is 1. The number of nitrogen functional groups attached to an aromatic ring is 2. The number of benzene rings is 1.